The Bertz CT molecular complexity index is 1070. The average molecular weight is 437 g/mol. The van der Waals surface area contributed by atoms with Crippen molar-refractivity contribution in [3.8, 4) is 5.69 Å². The topological polar surface area (TPSA) is 79.5 Å². The van der Waals surface area contributed by atoms with Crippen molar-refractivity contribution in [1.29, 1.82) is 0 Å². The van der Waals surface area contributed by atoms with Gasteiger partial charge in [-0.1, -0.05) is 6.07 Å². The van der Waals surface area contributed by atoms with Crippen molar-refractivity contribution < 1.29 is 4.92 Å². The molecule has 8 nitrogen and oxygen atoms in total. The van der Waals surface area contributed by atoms with Crippen LogP contribution >= 0.6 is 12.2 Å². The van der Waals surface area contributed by atoms with Gasteiger partial charge < -0.3 is 19.7 Å². The molecule has 2 atom stereocenters. The van der Waals surface area contributed by atoms with Crippen molar-refractivity contribution in [2.45, 2.75) is 12.1 Å². The molecule has 0 spiro atoms. The number of rotatable bonds is 7. The molecule has 1 aliphatic rings. The molecule has 0 amide bonds. The van der Waals surface area contributed by atoms with Crippen LogP contribution in [0.25, 0.3) is 5.69 Å². The Morgan fingerprint density at radius 1 is 1.16 bits per heavy atom. The zero-order valence-electron chi connectivity index (χ0n) is 17.4. The van der Waals surface area contributed by atoms with Crippen molar-refractivity contribution in [3.63, 3.8) is 0 Å². The van der Waals surface area contributed by atoms with E-state index in [0.717, 1.165) is 30.2 Å². The van der Waals surface area contributed by atoms with Gasteiger partial charge in [0.15, 0.2) is 5.11 Å². The van der Waals surface area contributed by atoms with Gasteiger partial charge in [-0.05, 0) is 62.7 Å². The van der Waals surface area contributed by atoms with Crippen molar-refractivity contribution in [2.24, 2.45) is 0 Å². The summed E-state index contributed by atoms with van der Waals surface area (Å²) in [6, 6.07) is 16.3. The van der Waals surface area contributed by atoms with Gasteiger partial charge in [0.05, 0.1) is 22.7 Å². The van der Waals surface area contributed by atoms with Gasteiger partial charge in [-0.25, -0.2) is 0 Å². The molecule has 3 aromatic rings. The molecule has 160 valence electrons. The van der Waals surface area contributed by atoms with Gasteiger partial charge in [-0.2, -0.15) is 0 Å². The molecule has 0 saturated carbocycles. The highest BCUT2D eigenvalue weighted by molar-refractivity contribution is 7.80. The Hall–Kier alpha value is -3.30. The van der Waals surface area contributed by atoms with Crippen molar-refractivity contribution in [3.05, 3.63) is 88.5 Å². The summed E-state index contributed by atoms with van der Waals surface area (Å²) in [5.41, 5.74) is 2.88. The van der Waals surface area contributed by atoms with E-state index in [1.807, 2.05) is 44.6 Å². The second-order valence-electron chi connectivity index (χ2n) is 7.70. The molecule has 0 aliphatic carbocycles. The number of non-ortho nitro benzene ring substituents is 1. The molecule has 31 heavy (non-hydrogen) atoms. The van der Waals surface area contributed by atoms with Crippen LogP contribution in [0.2, 0.25) is 0 Å². The maximum atomic E-state index is 11.0. The predicted octanol–water partition coefficient (Wildman–Crippen LogP) is 3.31. The summed E-state index contributed by atoms with van der Waals surface area (Å²) in [4.78, 5) is 19.6. The van der Waals surface area contributed by atoms with E-state index in [1.165, 1.54) is 12.1 Å². The lowest BCUT2D eigenvalue weighted by Gasteiger charge is -2.29. The SMILES string of the molecule is CN(C)CCN1C(=S)N[C@H](c2ccccn2)[C@H]1c1cccn1-c1ccc([N+](=O)[O-])cc1. The average Bonchev–Trinajstić information content (AvgIpc) is 3.37. The molecule has 1 aromatic carbocycles. The number of nitrogens with zero attached hydrogens (tertiary/aromatic N) is 5. The van der Waals surface area contributed by atoms with Gasteiger partial charge in [-0.15, -0.1) is 0 Å². The zero-order valence-corrected chi connectivity index (χ0v) is 18.2. The Labute approximate surface area is 186 Å². The van der Waals surface area contributed by atoms with Gasteiger partial charge in [0, 0.05) is 49.0 Å². The number of aromatic nitrogens is 2. The molecule has 2 aromatic heterocycles. The second-order valence-corrected chi connectivity index (χ2v) is 8.09. The molecule has 1 aliphatic heterocycles. The number of thiocarbonyl (C=S) groups is 1. The van der Waals surface area contributed by atoms with E-state index >= 15 is 0 Å². The lowest BCUT2D eigenvalue weighted by molar-refractivity contribution is -0.384. The molecule has 3 heterocycles. The standard InChI is InChI=1S/C22H24N6O2S/c1-25(2)14-15-27-21(20(24-22(27)31)18-6-3-4-12-23-18)19-7-5-13-26(19)16-8-10-17(11-9-16)28(29)30/h3-13,20-21H,14-15H2,1-2H3,(H,24,31)/t20-,21-/m1/s1. The summed E-state index contributed by atoms with van der Waals surface area (Å²) in [6.07, 6.45) is 3.76. The first-order chi connectivity index (χ1) is 15.0. The third-order valence-electron chi connectivity index (χ3n) is 5.41. The molecular formula is C22H24N6O2S. The zero-order chi connectivity index (χ0) is 22.0. The third kappa shape index (κ3) is 4.28. The Kier molecular flexibility index (Phi) is 5.97. The number of hydrogen-bond acceptors (Lipinski definition) is 5. The smallest absolute Gasteiger partial charge is 0.269 e. The molecule has 1 N–H and O–H groups in total. The Morgan fingerprint density at radius 3 is 2.58 bits per heavy atom. The normalized spacial score (nSPS) is 18.4. The Morgan fingerprint density at radius 2 is 1.94 bits per heavy atom. The Balaban J connectivity index is 1.75. The summed E-state index contributed by atoms with van der Waals surface area (Å²) in [5.74, 6) is 0. The summed E-state index contributed by atoms with van der Waals surface area (Å²) in [7, 11) is 4.08. The molecule has 9 heteroatoms. The third-order valence-corrected chi connectivity index (χ3v) is 5.76. The van der Waals surface area contributed by atoms with Gasteiger partial charge in [0.25, 0.3) is 5.69 Å². The summed E-state index contributed by atoms with van der Waals surface area (Å²) in [6.45, 7) is 1.61. The van der Waals surface area contributed by atoms with Crippen LogP contribution in [-0.2, 0) is 0 Å². The first-order valence-corrected chi connectivity index (χ1v) is 10.4. The number of nitro groups is 1. The quantitative estimate of drug-likeness (QED) is 0.346. The molecule has 0 bridgehead atoms. The number of nitro benzene ring substituents is 1. The summed E-state index contributed by atoms with van der Waals surface area (Å²) < 4.78 is 2.06. The van der Waals surface area contributed by atoms with Crippen LogP contribution in [0.15, 0.2) is 67.0 Å². The minimum atomic E-state index is -0.389. The van der Waals surface area contributed by atoms with Crippen LogP contribution in [0.3, 0.4) is 0 Å². The molecule has 0 unspecified atom stereocenters. The van der Waals surface area contributed by atoms with Crippen LogP contribution in [0.4, 0.5) is 5.69 Å². The van der Waals surface area contributed by atoms with Crippen molar-refractivity contribution in [1.82, 2.24) is 24.7 Å². The van der Waals surface area contributed by atoms with E-state index in [-0.39, 0.29) is 22.7 Å². The first kappa shape index (κ1) is 21.0. The van der Waals surface area contributed by atoms with E-state index in [9.17, 15) is 10.1 Å². The van der Waals surface area contributed by atoms with Crippen LogP contribution in [0.5, 0.6) is 0 Å². The monoisotopic (exact) mass is 436 g/mol. The fourth-order valence-corrected chi connectivity index (χ4v) is 4.21. The maximum Gasteiger partial charge on any atom is 0.269 e. The second kappa shape index (κ2) is 8.83. The van der Waals surface area contributed by atoms with E-state index < -0.39 is 0 Å². The van der Waals surface area contributed by atoms with Crippen molar-refractivity contribution >= 4 is 23.0 Å². The molecule has 1 fully saturated rings. The lowest BCUT2D eigenvalue weighted by Crippen LogP contribution is -2.36. The number of nitrogens with one attached hydrogen (secondary N) is 1. The van der Waals surface area contributed by atoms with Crippen LogP contribution in [0.1, 0.15) is 23.5 Å². The fourth-order valence-electron chi connectivity index (χ4n) is 3.88. The number of likely N-dealkylation sites (N-methyl/N-ethyl adjacent to an activating group) is 1. The predicted molar refractivity (Wildman–Crippen MR) is 123 cm³/mol. The van der Waals surface area contributed by atoms with E-state index in [4.69, 9.17) is 12.2 Å². The summed E-state index contributed by atoms with van der Waals surface area (Å²) in [5, 5.41) is 15.2. The fraction of sp³-hybridized carbons (Fsp3) is 0.273. The molecule has 4 rings (SSSR count). The van der Waals surface area contributed by atoms with Gasteiger partial charge in [0.1, 0.15) is 0 Å². The molecule has 0 radical (unpaired) electrons. The van der Waals surface area contributed by atoms with Crippen LogP contribution < -0.4 is 5.32 Å². The highest BCUT2D eigenvalue weighted by Crippen LogP contribution is 2.39. The van der Waals surface area contributed by atoms with Crippen LogP contribution in [0, 0.1) is 10.1 Å². The minimum absolute atomic E-state index is 0.0696. The number of pyridine rings is 1. The lowest BCUT2D eigenvalue weighted by atomic mass is 10.0. The van der Waals surface area contributed by atoms with E-state index in [1.54, 1.807) is 18.3 Å². The van der Waals surface area contributed by atoms with Gasteiger partial charge >= 0.3 is 0 Å². The van der Waals surface area contributed by atoms with Crippen LogP contribution in [-0.4, -0.2) is 56.6 Å². The van der Waals surface area contributed by atoms with Gasteiger partial charge in [-0.3, -0.25) is 15.1 Å². The summed E-state index contributed by atoms with van der Waals surface area (Å²) >= 11 is 5.71. The highest BCUT2D eigenvalue weighted by atomic mass is 32.1. The van der Waals surface area contributed by atoms with E-state index in [0.29, 0.717) is 5.11 Å². The number of benzene rings is 1. The minimum Gasteiger partial charge on any atom is -0.352 e. The van der Waals surface area contributed by atoms with Gasteiger partial charge in [0.2, 0.25) is 0 Å². The molecular weight excluding hydrogens is 412 g/mol. The maximum absolute atomic E-state index is 11.0. The van der Waals surface area contributed by atoms with E-state index in [2.05, 4.69) is 30.7 Å². The largest absolute Gasteiger partial charge is 0.352 e. The number of hydrogen-bond donors (Lipinski definition) is 1. The van der Waals surface area contributed by atoms with Crippen molar-refractivity contribution in [2.75, 3.05) is 27.2 Å². The highest BCUT2D eigenvalue weighted by Gasteiger charge is 2.41. The first-order valence-electron chi connectivity index (χ1n) is 10.0. The molecule has 1 saturated heterocycles.